The van der Waals surface area contributed by atoms with Crippen LogP contribution in [0.25, 0.3) is 0 Å². The highest BCUT2D eigenvalue weighted by molar-refractivity contribution is 5.44. The third-order valence-electron chi connectivity index (χ3n) is 1.98. The Hall–Kier alpha value is -1.81. The zero-order chi connectivity index (χ0) is 14.7. The van der Waals surface area contributed by atoms with Crippen molar-refractivity contribution < 1.29 is 14.6 Å². The van der Waals surface area contributed by atoms with Crippen LogP contribution in [-0.2, 0) is 0 Å². The summed E-state index contributed by atoms with van der Waals surface area (Å²) in [5.74, 6) is 9.91. The van der Waals surface area contributed by atoms with Crippen molar-refractivity contribution in [1.29, 1.82) is 0 Å². The van der Waals surface area contributed by atoms with E-state index in [2.05, 4.69) is 23.7 Å². The molecule has 0 aliphatic rings. The minimum absolute atomic E-state index is 0.205. The fraction of sp³-hybridized carbons (Fsp3) is 0.375. The fourth-order valence-corrected chi connectivity index (χ4v) is 1.14. The number of rotatable bonds is 0. The smallest absolute Gasteiger partial charge is 0.140 e. The standard InChI is InChI=1S/C16H17FO2/c1-15(2,18)9-7-12-5-6-13(14(17)11-12)8-10-16(3,4)19/h5-6,11,18-19H,1-4H3. The highest BCUT2D eigenvalue weighted by atomic mass is 19.1. The highest BCUT2D eigenvalue weighted by Gasteiger charge is 2.08. The van der Waals surface area contributed by atoms with Crippen LogP contribution in [0.4, 0.5) is 4.39 Å². The molecule has 100 valence electrons. The Morgan fingerprint density at radius 2 is 1.47 bits per heavy atom. The van der Waals surface area contributed by atoms with Gasteiger partial charge >= 0.3 is 0 Å². The maximum atomic E-state index is 13.7. The maximum Gasteiger partial charge on any atom is 0.140 e. The summed E-state index contributed by atoms with van der Waals surface area (Å²) in [6, 6.07) is 4.38. The molecule has 0 heterocycles. The zero-order valence-corrected chi connectivity index (χ0v) is 11.5. The summed E-state index contributed by atoms with van der Waals surface area (Å²) in [7, 11) is 0. The molecule has 0 saturated heterocycles. The highest BCUT2D eigenvalue weighted by Crippen LogP contribution is 2.10. The van der Waals surface area contributed by atoms with Gasteiger partial charge in [-0.15, -0.1) is 0 Å². The molecule has 0 amide bonds. The summed E-state index contributed by atoms with van der Waals surface area (Å²) in [5.41, 5.74) is -1.61. The maximum absolute atomic E-state index is 13.7. The van der Waals surface area contributed by atoms with Crippen molar-refractivity contribution in [2.75, 3.05) is 0 Å². The lowest BCUT2D eigenvalue weighted by atomic mass is 10.1. The van der Waals surface area contributed by atoms with Crippen LogP contribution in [0.1, 0.15) is 38.8 Å². The van der Waals surface area contributed by atoms with Crippen LogP contribution in [0, 0.1) is 29.5 Å². The molecule has 2 N–H and O–H groups in total. The molecule has 0 bridgehead atoms. The predicted octanol–water partition coefficient (Wildman–Crippen LogP) is 2.07. The summed E-state index contributed by atoms with van der Waals surface area (Å²) >= 11 is 0. The van der Waals surface area contributed by atoms with Gasteiger partial charge in [-0.2, -0.15) is 0 Å². The molecule has 19 heavy (non-hydrogen) atoms. The van der Waals surface area contributed by atoms with Gasteiger partial charge in [0.25, 0.3) is 0 Å². The molecule has 0 radical (unpaired) electrons. The van der Waals surface area contributed by atoms with E-state index in [0.717, 1.165) is 0 Å². The molecule has 0 aliphatic carbocycles. The second-order valence-corrected chi connectivity index (χ2v) is 5.31. The number of hydrogen-bond acceptors (Lipinski definition) is 2. The largest absolute Gasteiger partial charge is 0.378 e. The van der Waals surface area contributed by atoms with Gasteiger partial charge in [0.1, 0.15) is 17.0 Å². The van der Waals surface area contributed by atoms with Gasteiger partial charge in [0, 0.05) is 5.56 Å². The Morgan fingerprint density at radius 1 is 0.947 bits per heavy atom. The van der Waals surface area contributed by atoms with E-state index in [1.54, 1.807) is 19.9 Å². The predicted molar refractivity (Wildman–Crippen MR) is 72.8 cm³/mol. The molecular formula is C16H17FO2. The van der Waals surface area contributed by atoms with Crippen LogP contribution in [0.3, 0.4) is 0 Å². The number of aliphatic hydroxyl groups is 2. The number of hydrogen-bond donors (Lipinski definition) is 2. The molecular weight excluding hydrogens is 243 g/mol. The van der Waals surface area contributed by atoms with Crippen LogP contribution < -0.4 is 0 Å². The summed E-state index contributed by atoms with van der Waals surface area (Å²) < 4.78 is 13.7. The van der Waals surface area contributed by atoms with Crippen LogP contribution in [0.15, 0.2) is 18.2 Å². The Balaban J connectivity index is 3.04. The molecule has 0 unspecified atom stereocenters. The van der Waals surface area contributed by atoms with Gasteiger partial charge in [-0.25, -0.2) is 4.39 Å². The summed E-state index contributed by atoms with van der Waals surface area (Å²) in [6.07, 6.45) is 0. The molecule has 0 spiro atoms. The molecule has 0 aliphatic heterocycles. The third-order valence-corrected chi connectivity index (χ3v) is 1.98. The summed E-state index contributed by atoms with van der Waals surface area (Å²) in [5, 5.41) is 18.9. The van der Waals surface area contributed by atoms with Crippen molar-refractivity contribution in [2.24, 2.45) is 0 Å². The molecule has 0 fully saturated rings. The van der Waals surface area contributed by atoms with Crippen molar-refractivity contribution in [3.05, 3.63) is 35.1 Å². The molecule has 0 atom stereocenters. The number of halogens is 1. The van der Waals surface area contributed by atoms with E-state index in [9.17, 15) is 14.6 Å². The van der Waals surface area contributed by atoms with E-state index in [1.165, 1.54) is 26.0 Å². The van der Waals surface area contributed by atoms with Crippen molar-refractivity contribution in [1.82, 2.24) is 0 Å². The van der Waals surface area contributed by atoms with Crippen molar-refractivity contribution in [3.8, 4) is 23.7 Å². The topological polar surface area (TPSA) is 40.5 Å². The SMILES string of the molecule is CC(C)(O)C#Cc1ccc(C#CC(C)(C)O)c(F)c1. The molecule has 1 aromatic carbocycles. The van der Waals surface area contributed by atoms with Crippen molar-refractivity contribution in [2.45, 2.75) is 38.9 Å². The van der Waals surface area contributed by atoms with Crippen molar-refractivity contribution >= 4 is 0 Å². The third kappa shape index (κ3) is 6.06. The monoisotopic (exact) mass is 260 g/mol. The van der Waals surface area contributed by atoms with Gasteiger partial charge < -0.3 is 10.2 Å². The van der Waals surface area contributed by atoms with Crippen LogP contribution in [0.5, 0.6) is 0 Å². The number of benzene rings is 1. The summed E-state index contributed by atoms with van der Waals surface area (Å²) in [6.45, 7) is 6.17. The normalized spacial score (nSPS) is 11.1. The van der Waals surface area contributed by atoms with E-state index < -0.39 is 17.0 Å². The quantitative estimate of drug-likeness (QED) is 0.701. The fourth-order valence-electron chi connectivity index (χ4n) is 1.14. The molecule has 0 aromatic heterocycles. The lowest BCUT2D eigenvalue weighted by Gasteiger charge is -2.06. The molecule has 1 rings (SSSR count). The second kappa shape index (κ2) is 5.45. The minimum atomic E-state index is -1.16. The van der Waals surface area contributed by atoms with E-state index in [4.69, 9.17) is 0 Å². The Labute approximate surface area is 113 Å². The molecule has 3 heteroatoms. The zero-order valence-electron chi connectivity index (χ0n) is 11.5. The van der Waals surface area contributed by atoms with E-state index >= 15 is 0 Å². The van der Waals surface area contributed by atoms with Gasteiger partial charge in [0.2, 0.25) is 0 Å². The molecule has 1 aromatic rings. The van der Waals surface area contributed by atoms with Gasteiger partial charge in [-0.1, -0.05) is 23.7 Å². The van der Waals surface area contributed by atoms with E-state index in [-0.39, 0.29) is 5.56 Å². The van der Waals surface area contributed by atoms with Crippen molar-refractivity contribution in [3.63, 3.8) is 0 Å². The Morgan fingerprint density at radius 3 is 1.95 bits per heavy atom. The van der Waals surface area contributed by atoms with Gasteiger partial charge in [-0.05, 0) is 45.9 Å². The second-order valence-electron chi connectivity index (χ2n) is 5.31. The van der Waals surface area contributed by atoms with Gasteiger partial charge in [0.15, 0.2) is 0 Å². The lowest BCUT2D eigenvalue weighted by Crippen LogP contribution is -2.14. The minimum Gasteiger partial charge on any atom is -0.378 e. The van der Waals surface area contributed by atoms with E-state index in [1.807, 2.05) is 0 Å². The van der Waals surface area contributed by atoms with Gasteiger partial charge in [0.05, 0.1) is 5.56 Å². The molecule has 2 nitrogen and oxygen atoms in total. The first kappa shape index (κ1) is 15.2. The Bertz CT molecular complexity index is 582. The first-order chi connectivity index (χ1) is 8.57. The average molecular weight is 260 g/mol. The van der Waals surface area contributed by atoms with Crippen LogP contribution >= 0.6 is 0 Å². The summed E-state index contributed by atoms with van der Waals surface area (Å²) in [4.78, 5) is 0. The van der Waals surface area contributed by atoms with E-state index in [0.29, 0.717) is 5.56 Å². The first-order valence-corrected chi connectivity index (χ1v) is 5.87. The Kier molecular flexibility index (Phi) is 4.37. The van der Waals surface area contributed by atoms with Crippen LogP contribution in [-0.4, -0.2) is 21.4 Å². The molecule has 0 saturated carbocycles. The average Bonchev–Trinajstić information content (AvgIpc) is 2.22. The van der Waals surface area contributed by atoms with Gasteiger partial charge in [-0.3, -0.25) is 0 Å². The lowest BCUT2D eigenvalue weighted by molar-refractivity contribution is 0.143. The first-order valence-electron chi connectivity index (χ1n) is 5.87. The van der Waals surface area contributed by atoms with Crippen LogP contribution in [0.2, 0.25) is 0 Å².